The van der Waals surface area contributed by atoms with E-state index in [0.29, 0.717) is 5.69 Å². The van der Waals surface area contributed by atoms with E-state index in [1.54, 1.807) is 60.7 Å². The van der Waals surface area contributed by atoms with Gasteiger partial charge in [-0.25, -0.2) is 0 Å². The van der Waals surface area contributed by atoms with Crippen molar-refractivity contribution in [3.05, 3.63) is 66.2 Å². The fraction of sp³-hybridized carbons (Fsp3) is 0.333. The molecule has 2 aromatic carbocycles. The fourth-order valence-corrected chi connectivity index (χ4v) is 4.05. The van der Waals surface area contributed by atoms with Gasteiger partial charge in [-0.2, -0.15) is 8.78 Å². The Morgan fingerprint density at radius 2 is 1.44 bits per heavy atom. The molecule has 0 radical (unpaired) electrons. The van der Waals surface area contributed by atoms with Crippen LogP contribution in [0.4, 0.5) is 14.5 Å². The summed E-state index contributed by atoms with van der Waals surface area (Å²) in [6.07, 6.45) is 0. The Labute approximate surface area is 146 Å². The number of hydrogen-bond acceptors (Lipinski definition) is 4. The van der Waals surface area contributed by atoms with Crippen LogP contribution in [0, 0.1) is 0 Å². The van der Waals surface area contributed by atoms with Gasteiger partial charge in [0.25, 0.3) is 0 Å². The zero-order chi connectivity index (χ0) is 18.3. The molecule has 0 aliphatic heterocycles. The normalized spacial score (nSPS) is 13.4. The van der Waals surface area contributed by atoms with Crippen molar-refractivity contribution in [3.8, 4) is 0 Å². The first-order chi connectivity index (χ1) is 11.9. The summed E-state index contributed by atoms with van der Waals surface area (Å²) in [5.74, 6) is 0. The average Bonchev–Trinajstić information content (AvgIpc) is 2.61. The van der Waals surface area contributed by atoms with E-state index in [2.05, 4.69) is 5.32 Å². The highest BCUT2D eigenvalue weighted by Crippen LogP contribution is 2.66. The zero-order valence-corrected chi connectivity index (χ0v) is 15.1. The molecule has 25 heavy (non-hydrogen) atoms. The van der Waals surface area contributed by atoms with Gasteiger partial charge in [0.2, 0.25) is 0 Å². The maximum absolute atomic E-state index is 15.3. The maximum Gasteiger partial charge on any atom is 0.402 e. The number of para-hydroxylation sites is 1. The first-order valence-corrected chi connectivity index (χ1v) is 9.62. The second-order valence-corrected chi connectivity index (χ2v) is 7.38. The number of nitrogens with one attached hydrogen (secondary N) is 1. The molecule has 0 saturated carbocycles. The molecule has 2 rings (SSSR count). The third-order valence-corrected chi connectivity index (χ3v) is 5.71. The van der Waals surface area contributed by atoms with Gasteiger partial charge in [-0.15, -0.1) is 0 Å². The molecule has 0 heterocycles. The lowest BCUT2D eigenvalue weighted by molar-refractivity contribution is 0.0218. The summed E-state index contributed by atoms with van der Waals surface area (Å²) in [4.78, 5) is 0. The van der Waals surface area contributed by atoms with Gasteiger partial charge in [-0.1, -0.05) is 48.5 Å². The SMILES string of the molecule is CCOP(=O)(OCC)C(F)(F)[C@@H](Nc1ccccc1)c1ccccc1. The van der Waals surface area contributed by atoms with Crippen molar-refractivity contribution < 1.29 is 22.4 Å². The number of halogens is 2. The summed E-state index contributed by atoms with van der Waals surface area (Å²) in [6, 6.07) is 15.1. The first kappa shape index (κ1) is 19.6. The number of hydrogen-bond donors (Lipinski definition) is 1. The van der Waals surface area contributed by atoms with E-state index in [1.807, 2.05) is 0 Å². The standard InChI is InChI=1S/C18H22F2NO3P/c1-3-23-25(22,24-4-2)18(19,20)17(15-11-7-5-8-12-15)21-16-13-9-6-10-14-16/h5-14,17,21H,3-4H2,1-2H3/t17-/m0/s1. The molecule has 0 aromatic heterocycles. The van der Waals surface area contributed by atoms with Gasteiger partial charge >= 0.3 is 13.3 Å². The number of anilines is 1. The molecule has 0 fully saturated rings. The molecule has 0 spiro atoms. The zero-order valence-electron chi connectivity index (χ0n) is 14.2. The number of rotatable bonds is 9. The smallest absolute Gasteiger partial charge is 0.372 e. The second-order valence-electron chi connectivity index (χ2n) is 5.27. The predicted molar refractivity (Wildman–Crippen MR) is 95.1 cm³/mol. The van der Waals surface area contributed by atoms with Crippen LogP contribution in [-0.4, -0.2) is 18.9 Å². The Morgan fingerprint density at radius 1 is 0.960 bits per heavy atom. The Kier molecular flexibility index (Phi) is 6.71. The van der Waals surface area contributed by atoms with E-state index >= 15 is 8.78 Å². The van der Waals surface area contributed by atoms with Crippen LogP contribution in [-0.2, 0) is 13.6 Å². The highest BCUT2D eigenvalue weighted by molar-refractivity contribution is 7.55. The third kappa shape index (κ3) is 4.46. The maximum atomic E-state index is 15.3. The van der Waals surface area contributed by atoms with E-state index in [9.17, 15) is 4.57 Å². The van der Waals surface area contributed by atoms with Crippen molar-refractivity contribution in [1.29, 1.82) is 0 Å². The van der Waals surface area contributed by atoms with Gasteiger partial charge in [0.15, 0.2) is 0 Å². The van der Waals surface area contributed by atoms with Crippen LogP contribution in [0.25, 0.3) is 0 Å². The lowest BCUT2D eigenvalue weighted by Crippen LogP contribution is -2.34. The summed E-state index contributed by atoms with van der Waals surface area (Å²) >= 11 is 0. The van der Waals surface area contributed by atoms with Crippen molar-refractivity contribution in [1.82, 2.24) is 0 Å². The molecular weight excluding hydrogens is 347 g/mol. The molecule has 0 unspecified atom stereocenters. The first-order valence-electron chi connectivity index (χ1n) is 8.08. The minimum atomic E-state index is -4.68. The van der Waals surface area contributed by atoms with Crippen LogP contribution in [0.15, 0.2) is 60.7 Å². The Bertz CT molecular complexity index is 688. The third-order valence-electron chi connectivity index (χ3n) is 3.53. The predicted octanol–water partition coefficient (Wildman–Crippen LogP) is 5.70. The van der Waals surface area contributed by atoms with Crippen molar-refractivity contribution in [2.75, 3.05) is 18.5 Å². The van der Waals surface area contributed by atoms with Gasteiger partial charge in [0.1, 0.15) is 6.04 Å². The van der Waals surface area contributed by atoms with E-state index in [-0.39, 0.29) is 18.8 Å². The Hall–Kier alpha value is -1.75. The molecule has 1 atom stereocenters. The molecule has 0 saturated heterocycles. The largest absolute Gasteiger partial charge is 0.402 e. The molecule has 1 N–H and O–H groups in total. The van der Waals surface area contributed by atoms with Crippen LogP contribution in [0.2, 0.25) is 0 Å². The molecular formula is C18H22F2NO3P. The van der Waals surface area contributed by atoms with Crippen LogP contribution in [0.1, 0.15) is 25.5 Å². The fourth-order valence-electron chi connectivity index (χ4n) is 2.42. The van der Waals surface area contributed by atoms with E-state index in [0.717, 1.165) is 0 Å². The lowest BCUT2D eigenvalue weighted by Gasteiger charge is -2.33. The monoisotopic (exact) mass is 369 g/mol. The molecule has 4 nitrogen and oxygen atoms in total. The Morgan fingerprint density at radius 3 is 1.92 bits per heavy atom. The highest BCUT2D eigenvalue weighted by atomic mass is 31.2. The van der Waals surface area contributed by atoms with E-state index in [1.165, 1.54) is 13.8 Å². The molecule has 2 aromatic rings. The molecule has 0 amide bonds. The van der Waals surface area contributed by atoms with Crippen molar-refractivity contribution in [3.63, 3.8) is 0 Å². The summed E-state index contributed by atoms with van der Waals surface area (Å²) in [6.45, 7) is 2.73. The van der Waals surface area contributed by atoms with Gasteiger partial charge < -0.3 is 14.4 Å². The van der Waals surface area contributed by atoms with Gasteiger partial charge in [0.05, 0.1) is 13.2 Å². The molecule has 7 heteroatoms. The van der Waals surface area contributed by atoms with Gasteiger partial charge in [0, 0.05) is 5.69 Å². The summed E-state index contributed by atoms with van der Waals surface area (Å²) < 4.78 is 53.3. The highest BCUT2D eigenvalue weighted by Gasteiger charge is 2.59. The van der Waals surface area contributed by atoms with Crippen molar-refractivity contribution in [2.45, 2.75) is 25.6 Å². The van der Waals surface area contributed by atoms with Gasteiger partial charge in [-0.3, -0.25) is 4.57 Å². The second kappa shape index (κ2) is 8.56. The summed E-state index contributed by atoms with van der Waals surface area (Å²) in [7, 11) is -4.68. The number of alkyl halides is 2. The molecule has 0 aliphatic carbocycles. The van der Waals surface area contributed by atoms with E-state index < -0.39 is 19.3 Å². The molecule has 0 aliphatic rings. The number of benzene rings is 2. The van der Waals surface area contributed by atoms with Crippen LogP contribution in [0.5, 0.6) is 0 Å². The quantitative estimate of drug-likeness (QED) is 0.576. The van der Waals surface area contributed by atoms with Crippen LogP contribution in [0.3, 0.4) is 0 Å². The van der Waals surface area contributed by atoms with Crippen LogP contribution >= 0.6 is 7.60 Å². The average molecular weight is 369 g/mol. The lowest BCUT2D eigenvalue weighted by atomic mass is 10.1. The molecule has 0 bridgehead atoms. The Balaban J connectivity index is 2.47. The minimum Gasteiger partial charge on any atom is -0.372 e. The van der Waals surface area contributed by atoms with E-state index in [4.69, 9.17) is 9.05 Å². The molecule has 136 valence electrons. The van der Waals surface area contributed by atoms with Crippen LogP contribution < -0.4 is 5.32 Å². The van der Waals surface area contributed by atoms with Crippen molar-refractivity contribution >= 4 is 13.3 Å². The summed E-state index contributed by atoms with van der Waals surface area (Å²) in [5, 5.41) is 2.78. The van der Waals surface area contributed by atoms with Crippen molar-refractivity contribution in [2.24, 2.45) is 0 Å². The summed E-state index contributed by atoms with van der Waals surface area (Å²) in [5.41, 5.74) is -3.00. The topological polar surface area (TPSA) is 47.6 Å². The van der Waals surface area contributed by atoms with Gasteiger partial charge in [-0.05, 0) is 31.5 Å². The minimum absolute atomic E-state index is 0.139.